The highest BCUT2D eigenvalue weighted by atomic mass is 79.9. The monoisotopic (exact) mass is 290 g/mol. The van der Waals surface area contributed by atoms with Crippen LogP contribution in [0.4, 0.5) is 0 Å². The lowest BCUT2D eigenvalue weighted by Crippen LogP contribution is -2.52. The van der Waals surface area contributed by atoms with Crippen molar-refractivity contribution >= 4 is 15.9 Å². The molecular formula is C16H19Br. The predicted octanol–water partition coefficient (Wildman–Crippen LogP) is 4.74. The molecule has 1 aromatic rings. The highest BCUT2D eigenvalue weighted by molar-refractivity contribution is 9.10. The highest BCUT2D eigenvalue weighted by Crippen LogP contribution is 2.64. The molecule has 3 unspecified atom stereocenters. The van der Waals surface area contributed by atoms with E-state index >= 15 is 0 Å². The summed E-state index contributed by atoms with van der Waals surface area (Å²) in [5, 5.41) is 0. The zero-order valence-electron chi connectivity index (χ0n) is 10.1. The van der Waals surface area contributed by atoms with E-state index in [-0.39, 0.29) is 0 Å². The van der Waals surface area contributed by atoms with E-state index in [4.69, 9.17) is 0 Å². The van der Waals surface area contributed by atoms with E-state index in [0.717, 1.165) is 23.7 Å². The lowest BCUT2D eigenvalue weighted by atomic mass is 9.50. The summed E-state index contributed by atoms with van der Waals surface area (Å²) in [5.41, 5.74) is 1.58. The summed E-state index contributed by atoms with van der Waals surface area (Å²) in [6.45, 7) is 0. The van der Waals surface area contributed by atoms with E-state index in [9.17, 15) is 0 Å². The van der Waals surface area contributed by atoms with Gasteiger partial charge in [-0.25, -0.2) is 0 Å². The second kappa shape index (κ2) is 3.60. The topological polar surface area (TPSA) is 0 Å². The van der Waals surface area contributed by atoms with Gasteiger partial charge in [-0.05, 0) is 55.4 Å². The molecule has 0 amide bonds. The van der Waals surface area contributed by atoms with Crippen LogP contribution in [-0.2, 0) is 0 Å². The molecule has 1 heteroatoms. The van der Waals surface area contributed by atoms with Gasteiger partial charge in [0.2, 0.25) is 0 Å². The largest absolute Gasteiger partial charge is 0.0846 e. The van der Waals surface area contributed by atoms with Crippen LogP contribution in [0.1, 0.15) is 43.6 Å². The van der Waals surface area contributed by atoms with E-state index < -0.39 is 0 Å². The molecule has 0 N–H and O–H groups in total. The molecule has 1 aromatic carbocycles. The van der Waals surface area contributed by atoms with Crippen LogP contribution in [-0.4, -0.2) is 4.32 Å². The smallest absolute Gasteiger partial charge is 0.0334 e. The van der Waals surface area contributed by atoms with Crippen molar-refractivity contribution in [3.8, 4) is 0 Å². The molecule has 0 nitrogen and oxygen atoms in total. The Bertz CT molecular complexity index is 410. The van der Waals surface area contributed by atoms with Crippen LogP contribution in [0.3, 0.4) is 0 Å². The van der Waals surface area contributed by atoms with Gasteiger partial charge in [0.1, 0.15) is 0 Å². The van der Waals surface area contributed by atoms with Gasteiger partial charge >= 0.3 is 0 Å². The van der Waals surface area contributed by atoms with Crippen molar-refractivity contribution in [1.82, 2.24) is 0 Å². The predicted molar refractivity (Wildman–Crippen MR) is 74.4 cm³/mol. The van der Waals surface area contributed by atoms with Crippen molar-refractivity contribution in [2.75, 3.05) is 0 Å². The van der Waals surface area contributed by atoms with Crippen molar-refractivity contribution < 1.29 is 0 Å². The first kappa shape index (κ1) is 10.6. The van der Waals surface area contributed by atoms with Gasteiger partial charge in [-0.2, -0.15) is 0 Å². The summed E-state index contributed by atoms with van der Waals surface area (Å²) in [7, 11) is 0. The first-order chi connectivity index (χ1) is 8.24. The van der Waals surface area contributed by atoms with Gasteiger partial charge in [0.05, 0.1) is 0 Å². The van der Waals surface area contributed by atoms with Crippen molar-refractivity contribution in [3.05, 3.63) is 35.9 Å². The number of halogens is 1. The van der Waals surface area contributed by atoms with Crippen LogP contribution < -0.4 is 0 Å². The Hall–Kier alpha value is -0.300. The van der Waals surface area contributed by atoms with E-state index in [0.29, 0.717) is 4.32 Å². The Morgan fingerprint density at radius 1 is 0.941 bits per heavy atom. The molecule has 4 bridgehead atoms. The molecule has 5 rings (SSSR count). The Labute approximate surface area is 112 Å². The third-order valence-electron chi connectivity index (χ3n) is 5.38. The van der Waals surface area contributed by atoms with Gasteiger partial charge in [-0.3, -0.25) is 0 Å². The minimum atomic E-state index is 0.434. The fourth-order valence-electron chi connectivity index (χ4n) is 5.17. The molecule has 3 atom stereocenters. The molecular weight excluding hydrogens is 272 g/mol. The first-order valence-corrected chi connectivity index (χ1v) is 7.78. The lowest BCUT2D eigenvalue weighted by molar-refractivity contribution is 0.0195. The summed E-state index contributed by atoms with van der Waals surface area (Å²) < 4.78 is 0.434. The second-order valence-electron chi connectivity index (χ2n) is 6.53. The normalized spacial score (nSPS) is 47.4. The van der Waals surface area contributed by atoms with Crippen LogP contribution in [0.5, 0.6) is 0 Å². The third kappa shape index (κ3) is 1.54. The second-order valence-corrected chi connectivity index (χ2v) is 8.11. The van der Waals surface area contributed by atoms with Crippen molar-refractivity contribution in [2.45, 2.75) is 42.3 Å². The van der Waals surface area contributed by atoms with Gasteiger partial charge in [0, 0.05) is 10.2 Å². The lowest BCUT2D eigenvalue weighted by Gasteiger charge is -2.59. The Kier molecular flexibility index (Phi) is 2.25. The average molecular weight is 291 g/mol. The van der Waals surface area contributed by atoms with E-state index in [1.54, 1.807) is 5.56 Å². The number of hydrogen-bond acceptors (Lipinski definition) is 0. The molecule has 0 saturated heterocycles. The summed E-state index contributed by atoms with van der Waals surface area (Å²) >= 11 is 4.16. The van der Waals surface area contributed by atoms with Gasteiger partial charge in [-0.15, -0.1) is 0 Å². The zero-order chi connectivity index (χ0) is 11.5. The maximum atomic E-state index is 4.16. The molecule has 0 aliphatic heterocycles. The van der Waals surface area contributed by atoms with Crippen LogP contribution >= 0.6 is 15.9 Å². The SMILES string of the molecule is BrC12CC3CC(CC(C3)C1c1ccccc1)C2. The minimum Gasteiger partial charge on any atom is -0.0846 e. The average Bonchev–Trinajstić information content (AvgIpc) is 2.27. The quantitative estimate of drug-likeness (QED) is 0.655. The third-order valence-corrected chi connectivity index (χ3v) is 6.52. The molecule has 0 spiro atoms. The Morgan fingerprint density at radius 2 is 1.59 bits per heavy atom. The maximum absolute atomic E-state index is 4.16. The number of benzene rings is 1. The fourth-order valence-corrected chi connectivity index (χ4v) is 6.73. The Balaban J connectivity index is 1.76. The zero-order valence-corrected chi connectivity index (χ0v) is 11.7. The van der Waals surface area contributed by atoms with E-state index in [1.807, 2.05) is 0 Å². The molecule has 4 saturated carbocycles. The number of alkyl halides is 1. The van der Waals surface area contributed by atoms with E-state index in [2.05, 4.69) is 46.3 Å². The van der Waals surface area contributed by atoms with Crippen molar-refractivity contribution in [3.63, 3.8) is 0 Å². The van der Waals surface area contributed by atoms with Gasteiger partial charge < -0.3 is 0 Å². The fraction of sp³-hybridized carbons (Fsp3) is 0.625. The van der Waals surface area contributed by atoms with Crippen LogP contribution in [0.25, 0.3) is 0 Å². The summed E-state index contributed by atoms with van der Waals surface area (Å²) in [6, 6.07) is 11.2. The summed E-state index contributed by atoms with van der Waals surface area (Å²) in [4.78, 5) is 0. The van der Waals surface area contributed by atoms with Crippen LogP contribution in [0, 0.1) is 17.8 Å². The van der Waals surface area contributed by atoms with Crippen molar-refractivity contribution in [1.29, 1.82) is 0 Å². The number of rotatable bonds is 1. The summed E-state index contributed by atoms with van der Waals surface area (Å²) in [5.74, 6) is 3.76. The highest BCUT2D eigenvalue weighted by Gasteiger charge is 2.56. The first-order valence-electron chi connectivity index (χ1n) is 6.98. The molecule has 0 radical (unpaired) electrons. The molecule has 90 valence electrons. The number of hydrogen-bond donors (Lipinski definition) is 0. The standard InChI is InChI=1S/C16H19Br/c17-16-9-11-6-12(10-16)8-14(7-11)15(16)13-4-2-1-3-5-13/h1-5,11-12,14-15H,6-10H2. The molecule has 17 heavy (non-hydrogen) atoms. The minimum absolute atomic E-state index is 0.434. The maximum Gasteiger partial charge on any atom is 0.0334 e. The van der Waals surface area contributed by atoms with Crippen molar-refractivity contribution in [2.24, 2.45) is 17.8 Å². The van der Waals surface area contributed by atoms with Crippen LogP contribution in [0.15, 0.2) is 30.3 Å². The molecule has 4 aliphatic rings. The summed E-state index contributed by atoms with van der Waals surface area (Å²) in [6.07, 6.45) is 7.33. The van der Waals surface area contributed by atoms with E-state index in [1.165, 1.54) is 32.1 Å². The van der Waals surface area contributed by atoms with Crippen LogP contribution in [0.2, 0.25) is 0 Å². The molecule has 4 aliphatic carbocycles. The molecule has 4 fully saturated rings. The molecule has 0 heterocycles. The van der Waals surface area contributed by atoms with Gasteiger partial charge in [-0.1, -0.05) is 46.3 Å². The van der Waals surface area contributed by atoms with Gasteiger partial charge in [0.25, 0.3) is 0 Å². The Morgan fingerprint density at radius 3 is 2.18 bits per heavy atom. The molecule has 0 aromatic heterocycles. The van der Waals surface area contributed by atoms with Gasteiger partial charge in [0.15, 0.2) is 0 Å².